The monoisotopic (exact) mass is 490 g/mol. The summed E-state index contributed by atoms with van der Waals surface area (Å²) in [5.74, 6) is -0.0403. The molecule has 35 heavy (non-hydrogen) atoms. The molecule has 0 aliphatic carbocycles. The summed E-state index contributed by atoms with van der Waals surface area (Å²) < 4.78 is 11.0. The van der Waals surface area contributed by atoms with E-state index in [2.05, 4.69) is 22.8 Å². The Morgan fingerprint density at radius 1 is 0.771 bits per heavy atom. The molecule has 0 saturated heterocycles. The van der Waals surface area contributed by atoms with Crippen LogP contribution >= 0.6 is 12.2 Å². The van der Waals surface area contributed by atoms with Crippen LogP contribution in [0.25, 0.3) is 0 Å². The summed E-state index contributed by atoms with van der Waals surface area (Å²) in [7, 11) is 0. The van der Waals surface area contributed by atoms with E-state index >= 15 is 0 Å². The van der Waals surface area contributed by atoms with Crippen LogP contribution in [0.4, 0.5) is 5.69 Å². The smallest absolute Gasteiger partial charge is 0.306 e. The molecule has 7 heteroatoms. The maximum atomic E-state index is 12.1. The topological polar surface area (TPSA) is 76.7 Å². The Bertz CT molecular complexity index is 1090. The Morgan fingerprint density at radius 3 is 2.17 bits per heavy atom. The lowest BCUT2D eigenvalue weighted by atomic mass is 10.1. The summed E-state index contributed by atoms with van der Waals surface area (Å²) >= 11 is 5.22. The number of hydrogen-bond donors (Lipinski definition) is 2. The first-order valence-corrected chi connectivity index (χ1v) is 12.1. The number of thiocarbonyl (C=S) groups is 1. The summed E-state index contributed by atoms with van der Waals surface area (Å²) in [5.41, 5.74) is 3.11. The third-order valence-electron chi connectivity index (χ3n) is 5.12. The van der Waals surface area contributed by atoms with Crippen molar-refractivity contribution in [3.05, 3.63) is 96.1 Å². The van der Waals surface area contributed by atoms with Gasteiger partial charge in [0.25, 0.3) is 0 Å². The van der Waals surface area contributed by atoms with Crippen molar-refractivity contribution in [2.45, 2.75) is 32.1 Å². The molecule has 0 unspecified atom stereocenters. The molecule has 0 aliphatic heterocycles. The lowest BCUT2D eigenvalue weighted by molar-refractivity contribution is -0.145. The fourth-order valence-electron chi connectivity index (χ4n) is 3.34. The largest absolute Gasteiger partial charge is 0.493 e. The molecule has 0 saturated carbocycles. The van der Waals surface area contributed by atoms with Crippen LogP contribution in [0.3, 0.4) is 0 Å². The number of esters is 1. The second kappa shape index (κ2) is 14.5. The fraction of sp³-hybridized carbons (Fsp3) is 0.250. The van der Waals surface area contributed by atoms with Crippen molar-refractivity contribution in [2.24, 2.45) is 0 Å². The van der Waals surface area contributed by atoms with Gasteiger partial charge in [0, 0.05) is 24.6 Å². The molecule has 0 fully saturated rings. The first-order valence-electron chi connectivity index (χ1n) is 11.7. The summed E-state index contributed by atoms with van der Waals surface area (Å²) in [6, 6.07) is 27.5. The SMILES string of the molecule is O=C(CCC(=O)OCCCc1ccccc1)NC(=S)Nc1cccc(OCCc2ccccc2)c1. The van der Waals surface area contributed by atoms with Crippen LogP contribution in [0, 0.1) is 0 Å². The number of amides is 1. The van der Waals surface area contributed by atoms with Crippen LogP contribution in [-0.2, 0) is 27.2 Å². The molecule has 3 rings (SSSR count). The number of nitrogens with one attached hydrogen (secondary N) is 2. The number of carbonyl (C=O) groups excluding carboxylic acids is 2. The van der Waals surface area contributed by atoms with E-state index in [9.17, 15) is 9.59 Å². The average molecular weight is 491 g/mol. The molecule has 0 spiro atoms. The molecular weight excluding hydrogens is 460 g/mol. The Kier molecular flexibility index (Phi) is 10.8. The van der Waals surface area contributed by atoms with Crippen LogP contribution in [0.1, 0.15) is 30.4 Å². The Balaban J connectivity index is 1.30. The predicted octanol–water partition coefficient (Wildman–Crippen LogP) is 5.08. The Labute approximate surface area is 211 Å². The van der Waals surface area contributed by atoms with Crippen molar-refractivity contribution in [3.63, 3.8) is 0 Å². The zero-order chi connectivity index (χ0) is 24.7. The molecule has 3 aromatic carbocycles. The third-order valence-corrected chi connectivity index (χ3v) is 5.32. The van der Waals surface area contributed by atoms with Crippen LogP contribution in [-0.4, -0.2) is 30.2 Å². The first kappa shape index (κ1) is 25.9. The molecule has 0 aliphatic rings. The summed E-state index contributed by atoms with van der Waals surface area (Å²) in [6.45, 7) is 0.885. The molecule has 182 valence electrons. The lowest BCUT2D eigenvalue weighted by Crippen LogP contribution is -2.34. The minimum Gasteiger partial charge on any atom is -0.493 e. The molecule has 0 radical (unpaired) electrons. The van der Waals surface area contributed by atoms with E-state index in [0.717, 1.165) is 19.3 Å². The van der Waals surface area contributed by atoms with Crippen molar-refractivity contribution in [3.8, 4) is 5.75 Å². The normalized spacial score (nSPS) is 10.3. The van der Waals surface area contributed by atoms with Gasteiger partial charge >= 0.3 is 5.97 Å². The minimum atomic E-state index is -0.396. The number of hydrogen-bond acceptors (Lipinski definition) is 5. The van der Waals surface area contributed by atoms with Crippen molar-refractivity contribution in [1.29, 1.82) is 0 Å². The number of benzene rings is 3. The molecule has 1 amide bonds. The zero-order valence-electron chi connectivity index (χ0n) is 19.6. The summed E-state index contributed by atoms with van der Waals surface area (Å²) in [5, 5.41) is 5.72. The van der Waals surface area contributed by atoms with E-state index in [4.69, 9.17) is 21.7 Å². The number of carbonyl (C=O) groups is 2. The highest BCUT2D eigenvalue weighted by Crippen LogP contribution is 2.17. The van der Waals surface area contributed by atoms with Gasteiger partial charge in [0.15, 0.2) is 5.11 Å². The van der Waals surface area contributed by atoms with Crippen molar-refractivity contribution < 1.29 is 19.1 Å². The van der Waals surface area contributed by atoms with Crippen LogP contribution in [0.2, 0.25) is 0 Å². The highest BCUT2D eigenvalue weighted by molar-refractivity contribution is 7.80. The van der Waals surface area contributed by atoms with Gasteiger partial charge in [0.05, 0.1) is 19.6 Å². The van der Waals surface area contributed by atoms with Gasteiger partial charge in [0.1, 0.15) is 5.75 Å². The van der Waals surface area contributed by atoms with Gasteiger partial charge in [-0.2, -0.15) is 0 Å². The molecule has 0 bridgehead atoms. The fourth-order valence-corrected chi connectivity index (χ4v) is 3.57. The predicted molar refractivity (Wildman–Crippen MR) is 141 cm³/mol. The first-order chi connectivity index (χ1) is 17.1. The lowest BCUT2D eigenvalue weighted by Gasteiger charge is -2.11. The van der Waals surface area contributed by atoms with Crippen LogP contribution < -0.4 is 15.4 Å². The number of rotatable bonds is 12. The Morgan fingerprint density at radius 2 is 1.46 bits per heavy atom. The third kappa shape index (κ3) is 10.4. The Hall–Kier alpha value is -3.71. The summed E-state index contributed by atoms with van der Waals surface area (Å²) in [4.78, 5) is 24.0. The molecule has 0 atom stereocenters. The van der Waals surface area contributed by atoms with Crippen LogP contribution in [0.15, 0.2) is 84.9 Å². The van der Waals surface area contributed by atoms with E-state index in [0.29, 0.717) is 24.7 Å². The second-order valence-electron chi connectivity index (χ2n) is 7.92. The minimum absolute atomic E-state index is 0.00196. The molecule has 2 N–H and O–H groups in total. The van der Waals surface area contributed by atoms with Crippen molar-refractivity contribution in [2.75, 3.05) is 18.5 Å². The summed E-state index contributed by atoms with van der Waals surface area (Å²) in [6.07, 6.45) is 2.40. The van der Waals surface area contributed by atoms with Gasteiger partial charge in [-0.3, -0.25) is 9.59 Å². The molecule has 3 aromatic rings. The van der Waals surface area contributed by atoms with E-state index in [-0.39, 0.29) is 23.9 Å². The number of anilines is 1. The van der Waals surface area contributed by atoms with Gasteiger partial charge in [-0.05, 0) is 48.3 Å². The van der Waals surface area contributed by atoms with E-state index < -0.39 is 5.97 Å². The molecule has 6 nitrogen and oxygen atoms in total. The van der Waals surface area contributed by atoms with Crippen LogP contribution in [0.5, 0.6) is 5.75 Å². The van der Waals surface area contributed by atoms with E-state index in [1.807, 2.05) is 72.8 Å². The van der Waals surface area contributed by atoms with Gasteiger partial charge in [-0.1, -0.05) is 66.7 Å². The molecular formula is C28H30N2O4S. The van der Waals surface area contributed by atoms with Gasteiger partial charge < -0.3 is 20.1 Å². The van der Waals surface area contributed by atoms with E-state index in [1.54, 1.807) is 0 Å². The second-order valence-corrected chi connectivity index (χ2v) is 8.33. The molecule has 0 aromatic heterocycles. The molecule has 0 heterocycles. The van der Waals surface area contributed by atoms with Gasteiger partial charge in [-0.15, -0.1) is 0 Å². The zero-order valence-corrected chi connectivity index (χ0v) is 20.4. The highest BCUT2D eigenvalue weighted by atomic mass is 32.1. The van der Waals surface area contributed by atoms with Gasteiger partial charge in [-0.25, -0.2) is 0 Å². The van der Waals surface area contributed by atoms with Crippen molar-refractivity contribution >= 4 is 34.9 Å². The number of ether oxygens (including phenoxy) is 2. The van der Waals surface area contributed by atoms with E-state index in [1.165, 1.54) is 11.1 Å². The maximum absolute atomic E-state index is 12.1. The maximum Gasteiger partial charge on any atom is 0.306 e. The quantitative estimate of drug-likeness (QED) is 0.210. The van der Waals surface area contributed by atoms with Crippen molar-refractivity contribution in [1.82, 2.24) is 5.32 Å². The number of aryl methyl sites for hydroxylation is 1. The standard InChI is InChI=1S/C28H30N2O4S/c31-26(16-17-27(32)34-19-8-13-22-9-3-1-4-10-22)30-28(35)29-24-14-7-15-25(21-24)33-20-18-23-11-5-2-6-12-23/h1-7,9-12,14-15,21H,8,13,16-20H2,(H2,29,30,31,35). The average Bonchev–Trinajstić information content (AvgIpc) is 2.87. The highest BCUT2D eigenvalue weighted by Gasteiger charge is 2.10. The van der Waals surface area contributed by atoms with Gasteiger partial charge in [0.2, 0.25) is 5.91 Å².